The van der Waals surface area contributed by atoms with Gasteiger partial charge in [0, 0.05) is 22.8 Å². The molecule has 0 aliphatic rings. The SMILES string of the molecule is O=C(Nc1ccn(Cc2ccccc2Cl)n1)c1cccc(C(F)(F)F)c1. The molecule has 3 aromatic rings. The first kappa shape index (κ1) is 18.0. The fourth-order valence-corrected chi connectivity index (χ4v) is 2.54. The molecule has 0 aliphatic heterocycles. The third kappa shape index (κ3) is 4.23. The van der Waals surface area contributed by atoms with E-state index in [1.54, 1.807) is 23.0 Å². The van der Waals surface area contributed by atoms with Crippen LogP contribution < -0.4 is 5.32 Å². The fourth-order valence-electron chi connectivity index (χ4n) is 2.34. The maximum Gasteiger partial charge on any atom is 0.416 e. The lowest BCUT2D eigenvalue weighted by Crippen LogP contribution is -2.14. The van der Waals surface area contributed by atoms with Crippen LogP contribution in [-0.2, 0) is 12.7 Å². The van der Waals surface area contributed by atoms with Gasteiger partial charge in [-0.2, -0.15) is 18.3 Å². The third-order valence-corrected chi connectivity index (χ3v) is 3.99. The molecule has 0 aliphatic carbocycles. The molecule has 3 rings (SSSR count). The number of anilines is 1. The average molecular weight is 380 g/mol. The van der Waals surface area contributed by atoms with Crippen LogP contribution in [0.15, 0.2) is 60.8 Å². The van der Waals surface area contributed by atoms with Crippen molar-refractivity contribution in [1.82, 2.24) is 9.78 Å². The molecule has 4 nitrogen and oxygen atoms in total. The Balaban J connectivity index is 1.71. The molecule has 0 bridgehead atoms. The predicted octanol–water partition coefficient (Wildman–Crippen LogP) is 4.86. The number of aromatic nitrogens is 2. The van der Waals surface area contributed by atoms with E-state index in [9.17, 15) is 18.0 Å². The normalized spacial score (nSPS) is 11.4. The summed E-state index contributed by atoms with van der Waals surface area (Å²) in [6.07, 6.45) is -2.86. The van der Waals surface area contributed by atoms with Gasteiger partial charge in [-0.15, -0.1) is 0 Å². The van der Waals surface area contributed by atoms with Crippen LogP contribution in [-0.4, -0.2) is 15.7 Å². The molecular formula is C18H13ClF3N3O. The van der Waals surface area contributed by atoms with Gasteiger partial charge < -0.3 is 5.32 Å². The quantitative estimate of drug-likeness (QED) is 0.704. The van der Waals surface area contributed by atoms with Crippen molar-refractivity contribution in [2.24, 2.45) is 0 Å². The Morgan fingerprint density at radius 3 is 2.62 bits per heavy atom. The van der Waals surface area contributed by atoms with Gasteiger partial charge in [0.25, 0.3) is 5.91 Å². The summed E-state index contributed by atoms with van der Waals surface area (Å²) >= 11 is 6.09. The summed E-state index contributed by atoms with van der Waals surface area (Å²) in [5.74, 6) is -0.432. The monoisotopic (exact) mass is 379 g/mol. The van der Waals surface area contributed by atoms with Crippen molar-refractivity contribution in [3.63, 3.8) is 0 Å². The molecule has 1 amide bonds. The number of alkyl halides is 3. The highest BCUT2D eigenvalue weighted by molar-refractivity contribution is 6.31. The Labute approximate surface area is 152 Å². The van der Waals surface area contributed by atoms with Crippen LogP contribution in [0.4, 0.5) is 19.0 Å². The Bertz CT molecular complexity index is 937. The molecule has 1 aromatic heterocycles. The third-order valence-electron chi connectivity index (χ3n) is 3.62. The molecular weight excluding hydrogens is 367 g/mol. The van der Waals surface area contributed by atoms with E-state index in [0.717, 1.165) is 17.7 Å². The summed E-state index contributed by atoms with van der Waals surface area (Å²) in [6, 6.07) is 13.0. The zero-order valence-corrected chi connectivity index (χ0v) is 14.1. The van der Waals surface area contributed by atoms with Crippen LogP contribution in [0.5, 0.6) is 0 Å². The highest BCUT2D eigenvalue weighted by atomic mass is 35.5. The summed E-state index contributed by atoms with van der Waals surface area (Å²) in [6.45, 7) is 0.402. The van der Waals surface area contributed by atoms with Gasteiger partial charge in [0.05, 0.1) is 12.1 Å². The topological polar surface area (TPSA) is 46.9 Å². The number of halogens is 4. The van der Waals surface area contributed by atoms with Crippen LogP contribution in [0.25, 0.3) is 0 Å². The van der Waals surface area contributed by atoms with Crippen molar-refractivity contribution in [2.75, 3.05) is 5.32 Å². The Hall–Kier alpha value is -2.80. The molecule has 2 aromatic carbocycles. The van der Waals surface area contributed by atoms with Gasteiger partial charge in [0.2, 0.25) is 0 Å². The molecule has 0 atom stereocenters. The standard InChI is InChI=1S/C18H13ClF3N3O/c19-15-7-2-1-4-13(15)11-25-9-8-16(24-25)23-17(26)12-5-3-6-14(10-12)18(20,21)22/h1-10H,11H2,(H,23,24,26). The van der Waals surface area contributed by atoms with Crippen molar-refractivity contribution >= 4 is 23.3 Å². The van der Waals surface area contributed by atoms with Gasteiger partial charge in [-0.05, 0) is 29.8 Å². The van der Waals surface area contributed by atoms with Crippen molar-refractivity contribution in [1.29, 1.82) is 0 Å². The van der Waals surface area contributed by atoms with E-state index < -0.39 is 17.6 Å². The van der Waals surface area contributed by atoms with Crippen LogP contribution in [0.2, 0.25) is 5.02 Å². The van der Waals surface area contributed by atoms with E-state index in [4.69, 9.17) is 11.6 Å². The minimum Gasteiger partial charge on any atom is -0.305 e. The lowest BCUT2D eigenvalue weighted by molar-refractivity contribution is -0.137. The van der Waals surface area contributed by atoms with E-state index >= 15 is 0 Å². The number of rotatable bonds is 4. The number of amides is 1. The first-order valence-corrected chi connectivity index (χ1v) is 7.96. The molecule has 1 heterocycles. The number of benzene rings is 2. The highest BCUT2D eigenvalue weighted by Gasteiger charge is 2.30. The maximum absolute atomic E-state index is 12.7. The minimum absolute atomic E-state index is 0.0968. The molecule has 8 heteroatoms. The molecule has 1 N–H and O–H groups in total. The van der Waals surface area contributed by atoms with Gasteiger partial charge >= 0.3 is 6.18 Å². The minimum atomic E-state index is -4.51. The molecule has 0 radical (unpaired) electrons. The van der Waals surface area contributed by atoms with Crippen molar-refractivity contribution in [3.8, 4) is 0 Å². The van der Waals surface area contributed by atoms with Crippen molar-refractivity contribution < 1.29 is 18.0 Å². The number of hydrogen-bond donors (Lipinski definition) is 1. The smallest absolute Gasteiger partial charge is 0.305 e. The van der Waals surface area contributed by atoms with Gasteiger partial charge in [-0.3, -0.25) is 9.48 Å². The average Bonchev–Trinajstić information content (AvgIpc) is 3.03. The molecule has 0 saturated heterocycles. The lowest BCUT2D eigenvalue weighted by atomic mass is 10.1. The summed E-state index contributed by atoms with van der Waals surface area (Å²) < 4.78 is 39.8. The Morgan fingerprint density at radius 2 is 1.88 bits per heavy atom. The van der Waals surface area contributed by atoms with E-state index in [2.05, 4.69) is 10.4 Å². The van der Waals surface area contributed by atoms with Gasteiger partial charge in [0.1, 0.15) is 0 Å². The van der Waals surface area contributed by atoms with Gasteiger partial charge in [-0.25, -0.2) is 0 Å². The van der Waals surface area contributed by atoms with Crippen LogP contribution >= 0.6 is 11.6 Å². The zero-order valence-electron chi connectivity index (χ0n) is 13.3. The molecule has 26 heavy (non-hydrogen) atoms. The highest BCUT2D eigenvalue weighted by Crippen LogP contribution is 2.29. The Kier molecular flexibility index (Phi) is 4.99. The second-order valence-electron chi connectivity index (χ2n) is 5.52. The predicted molar refractivity (Wildman–Crippen MR) is 92.2 cm³/mol. The number of hydrogen-bond acceptors (Lipinski definition) is 2. The number of nitrogens with zero attached hydrogens (tertiary/aromatic N) is 2. The van der Waals surface area contributed by atoms with Gasteiger partial charge in [-0.1, -0.05) is 35.9 Å². The second-order valence-corrected chi connectivity index (χ2v) is 5.93. The summed E-state index contributed by atoms with van der Waals surface area (Å²) in [5.41, 5.74) is -0.122. The number of nitrogens with one attached hydrogen (secondary N) is 1. The molecule has 0 unspecified atom stereocenters. The van der Waals surface area contributed by atoms with Crippen LogP contribution in [0.1, 0.15) is 21.5 Å². The largest absolute Gasteiger partial charge is 0.416 e. The van der Waals surface area contributed by atoms with E-state index in [1.807, 2.05) is 18.2 Å². The lowest BCUT2D eigenvalue weighted by Gasteiger charge is -2.08. The summed E-state index contributed by atoms with van der Waals surface area (Å²) in [4.78, 5) is 12.2. The Morgan fingerprint density at radius 1 is 1.12 bits per heavy atom. The van der Waals surface area contributed by atoms with Crippen molar-refractivity contribution in [3.05, 3.63) is 82.5 Å². The van der Waals surface area contributed by atoms with Crippen molar-refractivity contribution in [2.45, 2.75) is 12.7 Å². The van der Waals surface area contributed by atoms with E-state index in [1.165, 1.54) is 12.1 Å². The van der Waals surface area contributed by atoms with Crippen LogP contribution in [0.3, 0.4) is 0 Å². The fraction of sp³-hybridized carbons (Fsp3) is 0.111. The maximum atomic E-state index is 12.7. The molecule has 0 fully saturated rings. The molecule has 0 spiro atoms. The molecule has 134 valence electrons. The van der Waals surface area contributed by atoms with Crippen LogP contribution in [0, 0.1) is 0 Å². The molecule has 0 saturated carbocycles. The van der Waals surface area contributed by atoms with E-state index in [0.29, 0.717) is 11.6 Å². The van der Waals surface area contributed by atoms with Gasteiger partial charge in [0.15, 0.2) is 5.82 Å². The van der Waals surface area contributed by atoms with E-state index in [-0.39, 0.29) is 11.4 Å². The zero-order chi connectivity index (χ0) is 18.7. The summed E-state index contributed by atoms with van der Waals surface area (Å²) in [5, 5.41) is 7.27. The first-order chi connectivity index (χ1) is 12.3. The summed E-state index contributed by atoms with van der Waals surface area (Å²) in [7, 11) is 0. The number of carbonyl (C=O) groups excluding carboxylic acids is 1. The second kappa shape index (κ2) is 7.21. The first-order valence-electron chi connectivity index (χ1n) is 7.58. The number of carbonyl (C=O) groups is 1.